The Hall–Kier alpha value is -3.31. The summed E-state index contributed by atoms with van der Waals surface area (Å²) in [6.07, 6.45) is -2.62. The van der Waals surface area contributed by atoms with Crippen molar-refractivity contribution < 1.29 is 22.7 Å². The summed E-state index contributed by atoms with van der Waals surface area (Å²) < 4.78 is 40.4. The van der Waals surface area contributed by atoms with Gasteiger partial charge in [-0.2, -0.15) is 15.0 Å². The molecule has 1 aliphatic heterocycles. The second-order valence-electron chi connectivity index (χ2n) is 6.82. The Balaban J connectivity index is 1.60. The molecule has 9 nitrogen and oxygen atoms in total. The summed E-state index contributed by atoms with van der Waals surface area (Å²) in [6.45, 7) is 1.81. The molecule has 1 fully saturated rings. The van der Waals surface area contributed by atoms with Gasteiger partial charge in [-0.3, -0.25) is 0 Å². The van der Waals surface area contributed by atoms with E-state index in [0.717, 1.165) is 38.1 Å². The molecule has 1 saturated heterocycles. The lowest BCUT2D eigenvalue weighted by molar-refractivity contribution is -0.274. The number of urea groups is 1. The van der Waals surface area contributed by atoms with Crippen molar-refractivity contribution in [2.75, 3.05) is 42.3 Å². The molecule has 0 bridgehead atoms. The molecule has 0 spiro atoms. The van der Waals surface area contributed by atoms with Gasteiger partial charge in [0.2, 0.25) is 11.9 Å². The number of aromatic nitrogens is 3. The largest absolute Gasteiger partial charge is 0.573 e. The molecular formula is C18H22F3N7O2. The Labute approximate surface area is 171 Å². The number of rotatable bonds is 6. The smallest absolute Gasteiger partial charge is 0.406 e. The Morgan fingerprint density at radius 1 is 1.13 bits per heavy atom. The lowest BCUT2D eigenvalue weighted by Crippen LogP contribution is -2.30. The van der Waals surface area contributed by atoms with Crippen molar-refractivity contribution in [1.29, 1.82) is 0 Å². The molecule has 2 heterocycles. The number of ether oxygens (including phenoxy) is 1. The van der Waals surface area contributed by atoms with E-state index in [-0.39, 0.29) is 12.3 Å². The van der Waals surface area contributed by atoms with Crippen LogP contribution in [0.25, 0.3) is 0 Å². The van der Waals surface area contributed by atoms with E-state index in [1.165, 1.54) is 12.1 Å². The molecule has 30 heavy (non-hydrogen) atoms. The number of anilines is 3. The topological polar surface area (TPSA) is 95.5 Å². The standard InChI is InChI=1S/C18H22F3N7O2/c1-27(2)15-24-14(25-16(26-15)28-9-3-4-10-28)11-22-17(29)23-12-5-7-13(8-6-12)30-18(19,20)21/h5-8H,3-4,9-11H2,1-2H3,(H2,22,23,29). The van der Waals surface area contributed by atoms with Crippen LogP contribution >= 0.6 is 0 Å². The lowest BCUT2D eigenvalue weighted by Gasteiger charge is -2.19. The molecule has 2 amide bonds. The second kappa shape index (κ2) is 9.01. The highest BCUT2D eigenvalue weighted by molar-refractivity contribution is 5.89. The molecule has 2 aromatic rings. The first kappa shape index (κ1) is 21.4. The fourth-order valence-corrected chi connectivity index (χ4v) is 2.81. The molecule has 12 heteroatoms. The molecule has 1 aromatic heterocycles. The molecular weight excluding hydrogens is 403 g/mol. The number of nitrogens with one attached hydrogen (secondary N) is 2. The quantitative estimate of drug-likeness (QED) is 0.735. The van der Waals surface area contributed by atoms with E-state index in [4.69, 9.17) is 0 Å². The summed E-state index contributed by atoms with van der Waals surface area (Å²) in [7, 11) is 3.64. The van der Waals surface area contributed by atoms with Gasteiger partial charge in [0.05, 0.1) is 6.54 Å². The predicted molar refractivity (Wildman–Crippen MR) is 105 cm³/mol. The Morgan fingerprint density at radius 3 is 2.40 bits per heavy atom. The predicted octanol–water partition coefficient (Wildman–Crippen LogP) is 2.76. The number of benzene rings is 1. The fourth-order valence-electron chi connectivity index (χ4n) is 2.81. The Kier molecular flexibility index (Phi) is 6.43. The van der Waals surface area contributed by atoms with Gasteiger partial charge in [-0.15, -0.1) is 13.2 Å². The summed E-state index contributed by atoms with van der Waals surface area (Å²) in [5, 5.41) is 5.16. The van der Waals surface area contributed by atoms with E-state index in [2.05, 4.69) is 35.2 Å². The minimum Gasteiger partial charge on any atom is -0.406 e. The first-order valence-electron chi connectivity index (χ1n) is 9.27. The summed E-state index contributed by atoms with van der Waals surface area (Å²) in [5.74, 6) is 1.09. The SMILES string of the molecule is CN(C)c1nc(CNC(=O)Nc2ccc(OC(F)(F)F)cc2)nc(N2CCCC2)n1. The van der Waals surface area contributed by atoms with Crippen LogP contribution < -0.4 is 25.2 Å². The van der Waals surface area contributed by atoms with Crippen molar-refractivity contribution >= 4 is 23.6 Å². The third-order valence-corrected chi connectivity index (χ3v) is 4.20. The van der Waals surface area contributed by atoms with Crippen LogP contribution in [0, 0.1) is 0 Å². The zero-order valence-corrected chi connectivity index (χ0v) is 16.5. The number of hydrogen-bond donors (Lipinski definition) is 2. The number of nitrogens with zero attached hydrogens (tertiary/aromatic N) is 5. The Morgan fingerprint density at radius 2 is 1.80 bits per heavy atom. The van der Waals surface area contributed by atoms with Crippen molar-refractivity contribution in [3.05, 3.63) is 30.1 Å². The maximum absolute atomic E-state index is 12.2. The van der Waals surface area contributed by atoms with E-state index < -0.39 is 12.4 Å². The molecule has 3 rings (SSSR count). The van der Waals surface area contributed by atoms with Gasteiger partial charge in [-0.25, -0.2) is 4.79 Å². The van der Waals surface area contributed by atoms with E-state index in [0.29, 0.717) is 23.4 Å². The number of carbonyl (C=O) groups excluding carboxylic acids is 1. The monoisotopic (exact) mass is 425 g/mol. The van der Waals surface area contributed by atoms with Crippen LogP contribution in [0.2, 0.25) is 0 Å². The molecule has 162 valence electrons. The van der Waals surface area contributed by atoms with Crippen LogP contribution in [0.4, 0.5) is 35.5 Å². The normalized spacial score (nSPS) is 13.8. The third kappa shape index (κ3) is 6.09. The van der Waals surface area contributed by atoms with Crippen molar-refractivity contribution in [1.82, 2.24) is 20.3 Å². The highest BCUT2D eigenvalue weighted by atomic mass is 19.4. The van der Waals surface area contributed by atoms with Crippen LogP contribution in [-0.2, 0) is 6.54 Å². The van der Waals surface area contributed by atoms with Crippen molar-refractivity contribution in [2.45, 2.75) is 25.7 Å². The highest BCUT2D eigenvalue weighted by Crippen LogP contribution is 2.24. The number of amides is 2. The lowest BCUT2D eigenvalue weighted by atomic mass is 10.3. The molecule has 1 aliphatic rings. The number of halogens is 3. The van der Waals surface area contributed by atoms with Crippen molar-refractivity contribution in [3.63, 3.8) is 0 Å². The minimum absolute atomic E-state index is 0.0608. The van der Waals surface area contributed by atoms with Crippen LogP contribution in [0.1, 0.15) is 18.7 Å². The average molecular weight is 425 g/mol. The van der Waals surface area contributed by atoms with Crippen LogP contribution in [0.5, 0.6) is 5.75 Å². The van der Waals surface area contributed by atoms with Crippen molar-refractivity contribution in [2.24, 2.45) is 0 Å². The van der Waals surface area contributed by atoms with E-state index in [9.17, 15) is 18.0 Å². The zero-order chi connectivity index (χ0) is 21.7. The van der Waals surface area contributed by atoms with Gasteiger partial charge in [0.25, 0.3) is 0 Å². The first-order chi connectivity index (χ1) is 14.2. The average Bonchev–Trinajstić information content (AvgIpc) is 3.21. The summed E-state index contributed by atoms with van der Waals surface area (Å²) in [4.78, 5) is 29.2. The van der Waals surface area contributed by atoms with E-state index in [1.807, 2.05) is 14.1 Å². The number of hydrogen-bond acceptors (Lipinski definition) is 7. The first-order valence-corrected chi connectivity index (χ1v) is 9.27. The molecule has 0 atom stereocenters. The van der Waals surface area contributed by atoms with Gasteiger partial charge in [-0.1, -0.05) is 0 Å². The van der Waals surface area contributed by atoms with Gasteiger partial charge >= 0.3 is 12.4 Å². The van der Waals surface area contributed by atoms with Crippen molar-refractivity contribution in [3.8, 4) is 5.75 Å². The Bertz CT molecular complexity index is 869. The second-order valence-corrected chi connectivity index (χ2v) is 6.82. The van der Waals surface area contributed by atoms with Gasteiger partial charge < -0.3 is 25.2 Å². The maximum Gasteiger partial charge on any atom is 0.573 e. The molecule has 2 N–H and O–H groups in total. The maximum atomic E-state index is 12.2. The van der Waals surface area contributed by atoms with Gasteiger partial charge in [0, 0.05) is 32.9 Å². The van der Waals surface area contributed by atoms with Gasteiger partial charge in [-0.05, 0) is 37.1 Å². The van der Waals surface area contributed by atoms with Gasteiger partial charge in [0.15, 0.2) is 5.82 Å². The molecule has 0 saturated carbocycles. The fraction of sp³-hybridized carbons (Fsp3) is 0.444. The van der Waals surface area contributed by atoms with Gasteiger partial charge in [0.1, 0.15) is 5.75 Å². The zero-order valence-electron chi connectivity index (χ0n) is 16.5. The number of carbonyl (C=O) groups is 1. The molecule has 1 aromatic carbocycles. The summed E-state index contributed by atoms with van der Waals surface area (Å²) in [5.41, 5.74) is 0.310. The third-order valence-electron chi connectivity index (χ3n) is 4.20. The molecule has 0 aliphatic carbocycles. The highest BCUT2D eigenvalue weighted by Gasteiger charge is 2.31. The van der Waals surface area contributed by atoms with E-state index >= 15 is 0 Å². The number of alkyl halides is 3. The summed E-state index contributed by atoms with van der Waals surface area (Å²) >= 11 is 0. The van der Waals surface area contributed by atoms with Crippen LogP contribution in [0.3, 0.4) is 0 Å². The molecule has 0 radical (unpaired) electrons. The van der Waals surface area contributed by atoms with Crippen LogP contribution in [-0.4, -0.2) is 54.5 Å². The van der Waals surface area contributed by atoms with Crippen LogP contribution in [0.15, 0.2) is 24.3 Å². The van der Waals surface area contributed by atoms with E-state index in [1.54, 1.807) is 4.90 Å². The summed E-state index contributed by atoms with van der Waals surface area (Å²) in [6, 6.07) is 4.29. The molecule has 0 unspecified atom stereocenters. The minimum atomic E-state index is -4.77.